The van der Waals surface area contributed by atoms with Gasteiger partial charge in [0.05, 0.1) is 14.2 Å². The van der Waals surface area contributed by atoms with E-state index in [9.17, 15) is 4.79 Å². The molecule has 1 aromatic heterocycles. The molecule has 1 saturated heterocycles. The Labute approximate surface area is 226 Å². The number of likely N-dealkylation sites (tertiary alicyclic amines) is 1. The summed E-state index contributed by atoms with van der Waals surface area (Å²) >= 11 is 0. The Morgan fingerprint density at radius 3 is 2.41 bits per heavy atom. The van der Waals surface area contributed by atoms with Crippen LogP contribution in [0.5, 0.6) is 11.5 Å². The summed E-state index contributed by atoms with van der Waals surface area (Å²) in [7, 11) is 3.31. The highest BCUT2D eigenvalue weighted by Gasteiger charge is 2.22. The average Bonchev–Trinajstić information content (AvgIpc) is 3.18. The first-order valence-corrected chi connectivity index (χ1v) is 12.7. The van der Waals surface area contributed by atoms with E-state index in [1.807, 2.05) is 32.9 Å². The average molecular weight is 530 g/mol. The van der Waals surface area contributed by atoms with Crippen LogP contribution in [0.25, 0.3) is 22.2 Å². The van der Waals surface area contributed by atoms with Crippen molar-refractivity contribution < 1.29 is 19.0 Å². The van der Waals surface area contributed by atoms with Gasteiger partial charge < -0.3 is 29.4 Å². The number of benzene rings is 2. The zero-order valence-electron chi connectivity index (χ0n) is 22.8. The Morgan fingerprint density at radius 1 is 1.05 bits per heavy atom. The SMILES string of the molecule is COc1ccc(-c2[nH]c3ccc(C4CCN(CCNC(=O)OC(C)(C)C)CC4)cc3c2C)cc1OC.Cl. The van der Waals surface area contributed by atoms with E-state index >= 15 is 0 Å². The van der Waals surface area contributed by atoms with Gasteiger partial charge in [-0.1, -0.05) is 6.07 Å². The number of fused-ring (bicyclic) bond motifs is 1. The van der Waals surface area contributed by atoms with Crippen LogP contribution in [-0.4, -0.2) is 62.0 Å². The van der Waals surface area contributed by atoms with Crippen molar-refractivity contribution in [2.45, 2.75) is 52.1 Å². The molecule has 1 amide bonds. The molecule has 0 radical (unpaired) electrons. The molecule has 1 fully saturated rings. The van der Waals surface area contributed by atoms with Crippen molar-refractivity contribution in [3.05, 3.63) is 47.5 Å². The molecule has 0 aliphatic carbocycles. The summed E-state index contributed by atoms with van der Waals surface area (Å²) in [5.74, 6) is 1.99. The second-order valence-corrected chi connectivity index (χ2v) is 10.5. The monoisotopic (exact) mass is 529 g/mol. The molecule has 1 aliphatic rings. The van der Waals surface area contributed by atoms with E-state index in [1.165, 1.54) is 16.5 Å². The Hall–Kier alpha value is -2.90. The number of H-pyrrole nitrogens is 1. The number of aryl methyl sites for hydroxylation is 1. The first kappa shape index (κ1) is 28.7. The Morgan fingerprint density at radius 2 is 1.76 bits per heavy atom. The second-order valence-electron chi connectivity index (χ2n) is 10.5. The molecular weight excluding hydrogens is 490 g/mol. The molecule has 202 valence electrons. The lowest BCUT2D eigenvalue weighted by Gasteiger charge is -2.32. The Kier molecular flexibility index (Phi) is 9.37. The number of halogens is 1. The van der Waals surface area contributed by atoms with Crippen LogP contribution in [0.15, 0.2) is 36.4 Å². The Balaban J connectivity index is 0.00000380. The van der Waals surface area contributed by atoms with Crippen LogP contribution >= 0.6 is 12.4 Å². The number of nitrogens with zero attached hydrogens (tertiary/aromatic N) is 1. The van der Waals surface area contributed by atoms with E-state index in [1.54, 1.807) is 14.2 Å². The van der Waals surface area contributed by atoms with Gasteiger partial charge in [0.1, 0.15) is 5.60 Å². The van der Waals surface area contributed by atoms with Gasteiger partial charge in [0.25, 0.3) is 0 Å². The molecule has 3 aromatic rings. The lowest BCUT2D eigenvalue weighted by molar-refractivity contribution is 0.0520. The summed E-state index contributed by atoms with van der Waals surface area (Å²) in [5.41, 5.74) is 5.50. The molecule has 0 bridgehead atoms. The zero-order valence-corrected chi connectivity index (χ0v) is 23.6. The van der Waals surface area contributed by atoms with Crippen molar-refractivity contribution in [1.29, 1.82) is 0 Å². The second kappa shape index (κ2) is 12.1. The molecule has 0 atom stereocenters. The minimum absolute atomic E-state index is 0. The number of hydrogen-bond donors (Lipinski definition) is 2. The lowest BCUT2D eigenvalue weighted by Crippen LogP contribution is -2.40. The maximum atomic E-state index is 11.9. The van der Waals surface area contributed by atoms with E-state index in [0.717, 1.165) is 60.7 Å². The number of carbonyl (C=O) groups excluding carboxylic acids is 1. The molecule has 37 heavy (non-hydrogen) atoms. The molecule has 4 rings (SSSR count). The van der Waals surface area contributed by atoms with Gasteiger partial charge in [0.15, 0.2) is 11.5 Å². The number of hydrogen-bond acceptors (Lipinski definition) is 5. The van der Waals surface area contributed by atoms with Crippen LogP contribution in [0.3, 0.4) is 0 Å². The third-order valence-corrected chi connectivity index (χ3v) is 6.91. The van der Waals surface area contributed by atoms with Gasteiger partial charge in [-0.25, -0.2) is 4.79 Å². The number of piperidine rings is 1. The van der Waals surface area contributed by atoms with Crippen molar-refractivity contribution in [2.24, 2.45) is 0 Å². The number of nitrogens with one attached hydrogen (secondary N) is 2. The fourth-order valence-electron chi connectivity index (χ4n) is 5.00. The van der Waals surface area contributed by atoms with Crippen molar-refractivity contribution in [2.75, 3.05) is 40.4 Å². The van der Waals surface area contributed by atoms with Gasteiger partial charge in [0, 0.05) is 35.2 Å². The largest absolute Gasteiger partial charge is 0.493 e. The minimum Gasteiger partial charge on any atom is -0.493 e. The first-order valence-electron chi connectivity index (χ1n) is 12.7. The molecule has 0 unspecified atom stereocenters. The highest BCUT2D eigenvalue weighted by molar-refractivity contribution is 5.91. The fraction of sp³-hybridized carbons (Fsp3) is 0.483. The number of aromatic nitrogens is 1. The summed E-state index contributed by atoms with van der Waals surface area (Å²) in [5, 5.41) is 4.13. The molecule has 0 saturated carbocycles. The van der Waals surface area contributed by atoms with E-state index in [-0.39, 0.29) is 18.5 Å². The summed E-state index contributed by atoms with van der Waals surface area (Å²) in [6.45, 7) is 11.3. The standard InChI is InChI=1S/C29H39N3O4.ClH/c1-19-23-17-21(20-11-14-32(15-12-20)16-13-30-28(33)36-29(2,3)4)7-9-24(23)31-27(19)22-8-10-25(34-5)26(18-22)35-6;/h7-10,17-18,20,31H,11-16H2,1-6H3,(H,30,33);1H. The van der Waals surface area contributed by atoms with Crippen LogP contribution in [0, 0.1) is 6.92 Å². The molecule has 2 aromatic carbocycles. The topological polar surface area (TPSA) is 75.8 Å². The number of aromatic amines is 1. The normalized spacial score (nSPS) is 14.8. The third kappa shape index (κ3) is 6.90. The van der Waals surface area contributed by atoms with Crippen LogP contribution in [0.1, 0.15) is 50.7 Å². The maximum Gasteiger partial charge on any atom is 0.407 e. The summed E-state index contributed by atoms with van der Waals surface area (Å²) in [6, 6.07) is 12.9. The number of methoxy groups -OCH3 is 2. The lowest BCUT2D eigenvalue weighted by atomic mass is 9.88. The molecule has 0 spiro atoms. The predicted octanol–water partition coefficient (Wildman–Crippen LogP) is 6.29. The van der Waals surface area contributed by atoms with E-state index < -0.39 is 5.60 Å². The van der Waals surface area contributed by atoms with Crippen molar-refractivity contribution >= 4 is 29.4 Å². The molecule has 2 N–H and O–H groups in total. The highest BCUT2D eigenvalue weighted by Crippen LogP contribution is 2.37. The fourth-order valence-corrected chi connectivity index (χ4v) is 5.00. The number of ether oxygens (including phenoxy) is 3. The Bertz CT molecular complexity index is 1210. The predicted molar refractivity (Wildman–Crippen MR) is 151 cm³/mol. The van der Waals surface area contributed by atoms with Crippen molar-refractivity contribution in [1.82, 2.24) is 15.2 Å². The van der Waals surface area contributed by atoms with Crippen LogP contribution in [0.4, 0.5) is 4.79 Å². The van der Waals surface area contributed by atoms with Crippen molar-refractivity contribution in [3.63, 3.8) is 0 Å². The number of amides is 1. The maximum absolute atomic E-state index is 11.9. The summed E-state index contributed by atoms with van der Waals surface area (Å²) in [4.78, 5) is 17.9. The summed E-state index contributed by atoms with van der Waals surface area (Å²) in [6.07, 6.45) is 1.88. The number of carbonyl (C=O) groups is 1. The first-order chi connectivity index (χ1) is 17.2. The van der Waals surface area contributed by atoms with Gasteiger partial charge in [0.2, 0.25) is 0 Å². The van der Waals surface area contributed by atoms with Gasteiger partial charge in [-0.15, -0.1) is 12.4 Å². The van der Waals surface area contributed by atoms with Gasteiger partial charge >= 0.3 is 6.09 Å². The number of rotatable bonds is 7. The highest BCUT2D eigenvalue weighted by atomic mass is 35.5. The van der Waals surface area contributed by atoms with Crippen LogP contribution < -0.4 is 14.8 Å². The van der Waals surface area contributed by atoms with Gasteiger partial charge in [-0.3, -0.25) is 0 Å². The zero-order chi connectivity index (χ0) is 25.9. The number of alkyl carbamates (subject to hydrolysis) is 1. The molecule has 8 heteroatoms. The van der Waals surface area contributed by atoms with E-state index in [2.05, 4.69) is 46.4 Å². The quantitative estimate of drug-likeness (QED) is 0.376. The molecular formula is C29H40ClN3O4. The van der Waals surface area contributed by atoms with E-state index in [0.29, 0.717) is 12.5 Å². The van der Waals surface area contributed by atoms with E-state index in [4.69, 9.17) is 14.2 Å². The van der Waals surface area contributed by atoms with Crippen molar-refractivity contribution in [3.8, 4) is 22.8 Å². The van der Waals surface area contributed by atoms with Gasteiger partial charge in [-0.05, 0) is 101 Å². The smallest absolute Gasteiger partial charge is 0.407 e. The third-order valence-electron chi connectivity index (χ3n) is 6.91. The molecule has 7 nitrogen and oxygen atoms in total. The molecule has 1 aliphatic heterocycles. The van der Waals surface area contributed by atoms with Crippen LogP contribution in [0.2, 0.25) is 0 Å². The molecule has 2 heterocycles. The minimum atomic E-state index is -0.469. The van der Waals surface area contributed by atoms with Crippen LogP contribution in [-0.2, 0) is 4.74 Å². The summed E-state index contributed by atoms with van der Waals surface area (Å²) < 4.78 is 16.2. The van der Waals surface area contributed by atoms with Gasteiger partial charge in [-0.2, -0.15) is 0 Å².